The Kier molecular flexibility index (Phi) is 6.56. The lowest BCUT2D eigenvalue weighted by Gasteiger charge is -2.09. The number of rotatable bonds is 7. The normalized spacial score (nSPS) is 11.4. The molecule has 0 atom stereocenters. The number of nitrogens with one attached hydrogen (secondary N) is 1. The van der Waals surface area contributed by atoms with Crippen LogP contribution in [-0.2, 0) is 10.0 Å². The fraction of sp³-hybridized carbons (Fsp3) is 0.200. The second-order valence-electron chi connectivity index (χ2n) is 4.63. The second-order valence-corrected chi connectivity index (χ2v) is 7.68. The average Bonchev–Trinajstić information content (AvgIpc) is 2.49. The van der Waals surface area contributed by atoms with Crippen LogP contribution < -0.4 is 9.46 Å². The van der Waals surface area contributed by atoms with E-state index in [1.165, 1.54) is 24.3 Å². The van der Waals surface area contributed by atoms with E-state index in [0.29, 0.717) is 33.8 Å². The number of hydrogen-bond donors (Lipinski definition) is 1. The van der Waals surface area contributed by atoms with Crippen molar-refractivity contribution in [2.24, 2.45) is 0 Å². The summed E-state index contributed by atoms with van der Waals surface area (Å²) in [5.41, 5.74) is 0. The number of ether oxygens (including phenoxy) is 1. The van der Waals surface area contributed by atoms with Crippen molar-refractivity contribution >= 4 is 44.8 Å². The quantitative estimate of drug-likeness (QED) is 0.708. The van der Waals surface area contributed by atoms with Crippen LogP contribution in [0.2, 0.25) is 15.1 Å². The minimum Gasteiger partial charge on any atom is -0.492 e. The molecule has 0 saturated carbocycles. The standard InChI is InChI=1S/C15H14Cl3NO3S/c16-11-2-5-13(6-3-11)23(20,21)19-8-1-9-22-15-7-4-12(17)10-14(15)18/h2-7,10,19H,1,8-9H2. The third-order valence-corrected chi connectivity index (χ3v) is 5.15. The Labute approximate surface area is 150 Å². The topological polar surface area (TPSA) is 55.4 Å². The zero-order chi connectivity index (χ0) is 16.9. The highest BCUT2D eigenvalue weighted by Gasteiger charge is 2.12. The monoisotopic (exact) mass is 393 g/mol. The van der Waals surface area contributed by atoms with E-state index in [4.69, 9.17) is 39.5 Å². The fourth-order valence-corrected chi connectivity index (χ4v) is 3.41. The van der Waals surface area contributed by atoms with E-state index in [9.17, 15) is 8.42 Å². The summed E-state index contributed by atoms with van der Waals surface area (Å²) < 4.78 is 32.1. The van der Waals surface area contributed by atoms with E-state index < -0.39 is 10.0 Å². The molecule has 0 bridgehead atoms. The molecule has 2 aromatic rings. The van der Waals surface area contributed by atoms with Crippen molar-refractivity contribution in [1.82, 2.24) is 4.72 Å². The first-order valence-corrected chi connectivity index (χ1v) is 9.33. The van der Waals surface area contributed by atoms with Gasteiger partial charge in [-0.2, -0.15) is 0 Å². The number of hydrogen-bond acceptors (Lipinski definition) is 3. The molecule has 4 nitrogen and oxygen atoms in total. The van der Waals surface area contributed by atoms with Crippen LogP contribution in [0.15, 0.2) is 47.4 Å². The highest BCUT2D eigenvalue weighted by Crippen LogP contribution is 2.27. The Bertz CT molecular complexity index is 764. The molecule has 0 spiro atoms. The van der Waals surface area contributed by atoms with Crippen molar-refractivity contribution in [3.05, 3.63) is 57.5 Å². The summed E-state index contributed by atoms with van der Waals surface area (Å²) in [6.07, 6.45) is 0.492. The molecule has 0 fully saturated rings. The lowest BCUT2D eigenvalue weighted by molar-refractivity contribution is 0.312. The smallest absolute Gasteiger partial charge is 0.240 e. The lowest BCUT2D eigenvalue weighted by atomic mass is 10.3. The largest absolute Gasteiger partial charge is 0.492 e. The molecule has 0 unspecified atom stereocenters. The highest BCUT2D eigenvalue weighted by atomic mass is 35.5. The predicted octanol–water partition coefficient (Wildman–Crippen LogP) is 4.39. The van der Waals surface area contributed by atoms with Crippen LogP contribution in [0, 0.1) is 0 Å². The van der Waals surface area contributed by atoms with Gasteiger partial charge < -0.3 is 4.74 Å². The van der Waals surface area contributed by atoms with E-state index in [2.05, 4.69) is 4.72 Å². The Hall–Kier alpha value is -0.980. The zero-order valence-electron chi connectivity index (χ0n) is 11.9. The van der Waals surface area contributed by atoms with E-state index in [-0.39, 0.29) is 11.4 Å². The van der Waals surface area contributed by atoms with Crippen LogP contribution in [0.25, 0.3) is 0 Å². The molecule has 2 rings (SSSR count). The number of sulfonamides is 1. The van der Waals surface area contributed by atoms with E-state index in [0.717, 1.165) is 0 Å². The number of benzene rings is 2. The molecule has 0 amide bonds. The summed E-state index contributed by atoms with van der Waals surface area (Å²) in [5.74, 6) is 0.511. The van der Waals surface area contributed by atoms with Gasteiger partial charge in [-0.1, -0.05) is 34.8 Å². The van der Waals surface area contributed by atoms with Gasteiger partial charge in [-0.3, -0.25) is 0 Å². The molecule has 0 aromatic heterocycles. The summed E-state index contributed by atoms with van der Waals surface area (Å²) in [4.78, 5) is 0.170. The fourth-order valence-electron chi connectivity index (χ4n) is 1.75. The van der Waals surface area contributed by atoms with E-state index >= 15 is 0 Å². The van der Waals surface area contributed by atoms with Gasteiger partial charge in [0.2, 0.25) is 10.0 Å². The molecule has 8 heteroatoms. The predicted molar refractivity (Wildman–Crippen MR) is 93.2 cm³/mol. The Morgan fingerprint density at radius 1 is 0.957 bits per heavy atom. The van der Waals surface area contributed by atoms with Gasteiger partial charge in [0, 0.05) is 16.6 Å². The van der Waals surface area contributed by atoms with Gasteiger partial charge in [-0.25, -0.2) is 13.1 Å². The van der Waals surface area contributed by atoms with Crippen molar-refractivity contribution in [3.63, 3.8) is 0 Å². The highest BCUT2D eigenvalue weighted by molar-refractivity contribution is 7.89. The molecule has 2 aromatic carbocycles. The molecule has 1 N–H and O–H groups in total. The molecular weight excluding hydrogens is 381 g/mol. The third-order valence-electron chi connectivity index (χ3n) is 2.89. The first-order chi connectivity index (χ1) is 10.9. The van der Waals surface area contributed by atoms with Crippen LogP contribution in [0.4, 0.5) is 0 Å². The van der Waals surface area contributed by atoms with Crippen molar-refractivity contribution < 1.29 is 13.2 Å². The number of halogens is 3. The summed E-state index contributed by atoms with van der Waals surface area (Å²) in [6.45, 7) is 0.570. The molecule has 124 valence electrons. The van der Waals surface area contributed by atoms with Gasteiger partial charge in [-0.15, -0.1) is 0 Å². The van der Waals surface area contributed by atoms with Gasteiger partial charge in [0.25, 0.3) is 0 Å². The molecule has 0 saturated heterocycles. The molecule has 0 aliphatic rings. The van der Waals surface area contributed by atoms with Gasteiger partial charge in [0.05, 0.1) is 16.5 Å². The molecule has 0 aliphatic carbocycles. The molecule has 23 heavy (non-hydrogen) atoms. The van der Waals surface area contributed by atoms with Gasteiger partial charge in [0.1, 0.15) is 5.75 Å². The van der Waals surface area contributed by atoms with E-state index in [1.54, 1.807) is 18.2 Å². The molecule has 0 aliphatic heterocycles. The maximum Gasteiger partial charge on any atom is 0.240 e. The van der Waals surface area contributed by atoms with Gasteiger partial charge >= 0.3 is 0 Å². The van der Waals surface area contributed by atoms with Crippen LogP contribution in [-0.4, -0.2) is 21.6 Å². The summed E-state index contributed by atoms with van der Waals surface area (Å²) in [7, 11) is -3.54. The minimum absolute atomic E-state index is 0.170. The molecular formula is C15H14Cl3NO3S. The maximum atomic E-state index is 12.0. The second kappa shape index (κ2) is 8.22. The van der Waals surface area contributed by atoms with Crippen molar-refractivity contribution in [2.75, 3.05) is 13.2 Å². The third kappa shape index (κ3) is 5.55. The van der Waals surface area contributed by atoms with Crippen LogP contribution in [0.3, 0.4) is 0 Å². The summed E-state index contributed by atoms with van der Waals surface area (Å²) >= 11 is 17.5. The molecule has 0 heterocycles. The SMILES string of the molecule is O=S(=O)(NCCCOc1ccc(Cl)cc1Cl)c1ccc(Cl)cc1. The van der Waals surface area contributed by atoms with E-state index in [1.807, 2.05) is 0 Å². The lowest BCUT2D eigenvalue weighted by Crippen LogP contribution is -2.25. The Balaban J connectivity index is 1.79. The molecule has 0 radical (unpaired) electrons. The van der Waals surface area contributed by atoms with Crippen LogP contribution in [0.1, 0.15) is 6.42 Å². The first-order valence-electron chi connectivity index (χ1n) is 6.71. The van der Waals surface area contributed by atoms with Gasteiger partial charge in [-0.05, 0) is 48.9 Å². The summed E-state index contributed by atoms with van der Waals surface area (Å²) in [5, 5.41) is 1.43. The summed E-state index contributed by atoms with van der Waals surface area (Å²) in [6, 6.07) is 10.9. The van der Waals surface area contributed by atoms with Crippen LogP contribution >= 0.6 is 34.8 Å². The minimum atomic E-state index is -3.54. The Morgan fingerprint density at radius 2 is 1.61 bits per heavy atom. The Morgan fingerprint density at radius 3 is 2.26 bits per heavy atom. The van der Waals surface area contributed by atoms with Gasteiger partial charge in [0.15, 0.2) is 0 Å². The first kappa shape index (κ1) is 18.4. The van der Waals surface area contributed by atoms with Crippen molar-refractivity contribution in [1.29, 1.82) is 0 Å². The van der Waals surface area contributed by atoms with Crippen LogP contribution in [0.5, 0.6) is 5.75 Å². The van der Waals surface area contributed by atoms with Crippen molar-refractivity contribution in [2.45, 2.75) is 11.3 Å². The zero-order valence-corrected chi connectivity index (χ0v) is 15.0. The van der Waals surface area contributed by atoms with Crippen molar-refractivity contribution in [3.8, 4) is 5.75 Å². The maximum absolute atomic E-state index is 12.0. The average molecular weight is 395 g/mol.